The molecule has 1 heterocycles. The van der Waals surface area contributed by atoms with E-state index in [1.807, 2.05) is 60.7 Å². The van der Waals surface area contributed by atoms with E-state index in [-0.39, 0.29) is 5.41 Å². The van der Waals surface area contributed by atoms with Gasteiger partial charge in [0, 0.05) is 22.1 Å². The summed E-state index contributed by atoms with van der Waals surface area (Å²) >= 11 is 0. The van der Waals surface area contributed by atoms with Crippen LogP contribution in [-0.4, -0.2) is 15.0 Å². The molecule has 0 unspecified atom stereocenters. The van der Waals surface area contributed by atoms with Gasteiger partial charge < -0.3 is 0 Å². The highest BCUT2D eigenvalue weighted by atomic mass is 15.0. The molecule has 3 nitrogen and oxygen atoms in total. The molecule has 0 radical (unpaired) electrons. The quantitative estimate of drug-likeness (QED) is 0.242. The maximum Gasteiger partial charge on any atom is 0.164 e. The first-order valence-corrected chi connectivity index (χ1v) is 13.3. The summed E-state index contributed by atoms with van der Waals surface area (Å²) < 4.78 is 0. The predicted molar refractivity (Wildman–Crippen MR) is 159 cm³/mol. The van der Waals surface area contributed by atoms with Crippen LogP contribution >= 0.6 is 0 Å². The molecule has 5 aromatic carbocycles. The second kappa shape index (κ2) is 9.14. The van der Waals surface area contributed by atoms with Crippen molar-refractivity contribution in [3.63, 3.8) is 0 Å². The highest BCUT2D eigenvalue weighted by Gasteiger charge is 2.36. The minimum absolute atomic E-state index is 0.150. The lowest BCUT2D eigenvalue weighted by atomic mass is 9.81. The zero-order valence-corrected chi connectivity index (χ0v) is 22.0. The molecule has 0 fully saturated rings. The SMILES string of the molecule is CC1(C)c2cc(-c3ccccc3)ccc2-c2ccc(-c3nc(-c4ccccc4)nc(-c4ccccc4)n3)cc21. The van der Waals surface area contributed by atoms with Crippen LogP contribution in [0.25, 0.3) is 56.4 Å². The largest absolute Gasteiger partial charge is 0.208 e. The number of nitrogens with zero attached hydrogens (tertiary/aromatic N) is 3. The molecule has 6 aromatic rings. The third-order valence-electron chi connectivity index (χ3n) is 7.74. The van der Waals surface area contributed by atoms with Crippen LogP contribution in [-0.2, 0) is 5.41 Å². The Balaban J connectivity index is 1.36. The summed E-state index contributed by atoms with van der Waals surface area (Å²) in [7, 11) is 0. The van der Waals surface area contributed by atoms with Crippen LogP contribution in [0, 0.1) is 0 Å². The number of aromatic nitrogens is 3. The molecule has 0 amide bonds. The molecule has 1 aromatic heterocycles. The molecule has 0 atom stereocenters. The van der Waals surface area contributed by atoms with E-state index < -0.39 is 0 Å². The van der Waals surface area contributed by atoms with Gasteiger partial charge in [-0.2, -0.15) is 0 Å². The second-order valence-electron chi connectivity index (χ2n) is 10.6. The Morgan fingerprint density at radius 3 is 1.26 bits per heavy atom. The molecule has 7 rings (SSSR count). The number of rotatable bonds is 4. The fraction of sp³-hybridized carbons (Fsp3) is 0.0833. The van der Waals surface area contributed by atoms with Gasteiger partial charge in [-0.1, -0.05) is 129 Å². The summed E-state index contributed by atoms with van der Waals surface area (Å²) in [6.45, 7) is 4.63. The maximum absolute atomic E-state index is 4.95. The van der Waals surface area contributed by atoms with Crippen LogP contribution in [0.15, 0.2) is 127 Å². The van der Waals surface area contributed by atoms with Gasteiger partial charge in [0.2, 0.25) is 0 Å². The zero-order valence-electron chi connectivity index (χ0n) is 22.0. The van der Waals surface area contributed by atoms with Gasteiger partial charge >= 0.3 is 0 Å². The molecule has 39 heavy (non-hydrogen) atoms. The molecule has 186 valence electrons. The van der Waals surface area contributed by atoms with Crippen LogP contribution < -0.4 is 0 Å². The predicted octanol–water partition coefficient (Wildman–Crippen LogP) is 8.85. The fourth-order valence-corrected chi connectivity index (χ4v) is 5.62. The van der Waals surface area contributed by atoms with E-state index in [0.29, 0.717) is 17.5 Å². The zero-order chi connectivity index (χ0) is 26.4. The summed E-state index contributed by atoms with van der Waals surface area (Å²) in [4.78, 5) is 14.8. The van der Waals surface area contributed by atoms with Gasteiger partial charge in [0.15, 0.2) is 17.5 Å². The van der Waals surface area contributed by atoms with Crippen LogP contribution in [0.5, 0.6) is 0 Å². The van der Waals surface area contributed by atoms with Crippen molar-refractivity contribution in [3.8, 4) is 56.4 Å². The van der Waals surface area contributed by atoms with Crippen molar-refractivity contribution in [1.29, 1.82) is 0 Å². The number of benzene rings is 5. The molecule has 0 saturated carbocycles. The third-order valence-corrected chi connectivity index (χ3v) is 7.74. The average Bonchev–Trinajstić information content (AvgIpc) is 3.23. The van der Waals surface area contributed by atoms with Crippen molar-refractivity contribution in [2.24, 2.45) is 0 Å². The molecule has 1 aliphatic rings. The van der Waals surface area contributed by atoms with Crippen LogP contribution in [0.2, 0.25) is 0 Å². The Bertz CT molecular complexity index is 1750. The summed E-state index contributed by atoms with van der Waals surface area (Å²) in [6, 6.07) is 44.3. The molecule has 0 bridgehead atoms. The summed E-state index contributed by atoms with van der Waals surface area (Å²) in [5.74, 6) is 2.03. The van der Waals surface area contributed by atoms with E-state index in [0.717, 1.165) is 16.7 Å². The Hall–Kier alpha value is -4.89. The van der Waals surface area contributed by atoms with Gasteiger partial charge in [0.1, 0.15) is 0 Å². The van der Waals surface area contributed by atoms with Crippen molar-refractivity contribution in [1.82, 2.24) is 15.0 Å². The van der Waals surface area contributed by atoms with Crippen LogP contribution in [0.1, 0.15) is 25.0 Å². The van der Waals surface area contributed by atoms with Gasteiger partial charge in [-0.15, -0.1) is 0 Å². The molecule has 3 heteroatoms. The van der Waals surface area contributed by atoms with Gasteiger partial charge in [-0.25, -0.2) is 15.0 Å². The molecule has 0 aliphatic heterocycles. The van der Waals surface area contributed by atoms with Crippen molar-refractivity contribution in [2.75, 3.05) is 0 Å². The summed E-state index contributed by atoms with van der Waals surface area (Å²) in [6.07, 6.45) is 0. The van der Waals surface area contributed by atoms with Crippen molar-refractivity contribution < 1.29 is 0 Å². The Kier molecular flexibility index (Phi) is 5.45. The van der Waals surface area contributed by atoms with Crippen molar-refractivity contribution >= 4 is 0 Å². The molecule has 1 aliphatic carbocycles. The van der Waals surface area contributed by atoms with E-state index in [2.05, 4.69) is 80.6 Å². The molecule has 0 spiro atoms. The minimum Gasteiger partial charge on any atom is -0.208 e. The molecular formula is C36H27N3. The Labute approximate surface area is 228 Å². The fourth-order valence-electron chi connectivity index (χ4n) is 5.62. The topological polar surface area (TPSA) is 38.7 Å². The molecule has 0 N–H and O–H groups in total. The third kappa shape index (κ3) is 4.04. The van der Waals surface area contributed by atoms with Crippen molar-refractivity contribution in [3.05, 3.63) is 139 Å². The first kappa shape index (κ1) is 23.2. The van der Waals surface area contributed by atoms with E-state index >= 15 is 0 Å². The van der Waals surface area contributed by atoms with Crippen LogP contribution in [0.3, 0.4) is 0 Å². The second-order valence-corrected chi connectivity index (χ2v) is 10.6. The van der Waals surface area contributed by atoms with E-state index in [1.165, 1.54) is 33.4 Å². The Morgan fingerprint density at radius 1 is 0.385 bits per heavy atom. The van der Waals surface area contributed by atoms with Gasteiger partial charge in [-0.05, 0) is 45.5 Å². The van der Waals surface area contributed by atoms with Gasteiger partial charge in [-0.3, -0.25) is 0 Å². The maximum atomic E-state index is 4.95. The van der Waals surface area contributed by atoms with Gasteiger partial charge in [0.25, 0.3) is 0 Å². The van der Waals surface area contributed by atoms with Crippen molar-refractivity contribution in [2.45, 2.75) is 19.3 Å². The first-order chi connectivity index (χ1) is 19.1. The average molecular weight is 502 g/mol. The number of hydrogen-bond donors (Lipinski definition) is 0. The lowest BCUT2D eigenvalue weighted by Gasteiger charge is -2.22. The molecular weight excluding hydrogens is 474 g/mol. The number of hydrogen-bond acceptors (Lipinski definition) is 3. The first-order valence-electron chi connectivity index (χ1n) is 13.3. The van der Waals surface area contributed by atoms with E-state index in [1.54, 1.807) is 0 Å². The van der Waals surface area contributed by atoms with Gasteiger partial charge in [0.05, 0.1) is 0 Å². The van der Waals surface area contributed by atoms with Crippen LogP contribution in [0.4, 0.5) is 0 Å². The molecule has 0 saturated heterocycles. The standard InChI is InChI=1S/C36H27N3/c1-36(2)31-22-27(24-12-6-3-7-13-24)18-20-29(31)30-21-19-28(23-32(30)36)35-38-33(25-14-8-4-9-15-25)37-34(39-35)26-16-10-5-11-17-26/h3-23H,1-2H3. The summed E-state index contributed by atoms with van der Waals surface area (Å²) in [5.41, 5.74) is 10.5. The Morgan fingerprint density at radius 2 is 0.769 bits per heavy atom. The normalized spacial score (nSPS) is 13.1. The van der Waals surface area contributed by atoms with E-state index in [9.17, 15) is 0 Å². The summed E-state index contributed by atoms with van der Waals surface area (Å²) in [5, 5.41) is 0. The highest BCUT2D eigenvalue weighted by Crippen LogP contribution is 2.50. The number of fused-ring (bicyclic) bond motifs is 3. The lowest BCUT2D eigenvalue weighted by molar-refractivity contribution is 0.661. The minimum atomic E-state index is -0.150. The smallest absolute Gasteiger partial charge is 0.164 e. The highest BCUT2D eigenvalue weighted by molar-refractivity contribution is 5.85. The van der Waals surface area contributed by atoms with E-state index in [4.69, 9.17) is 15.0 Å². The lowest BCUT2D eigenvalue weighted by Crippen LogP contribution is -2.15. The monoisotopic (exact) mass is 501 g/mol.